The number of ether oxygens (including phenoxy) is 1. The van der Waals surface area contributed by atoms with E-state index in [0.29, 0.717) is 5.56 Å². The van der Waals surface area contributed by atoms with Crippen molar-refractivity contribution in [2.75, 3.05) is 6.61 Å². The molecular formula is C26H33FN4O4. The van der Waals surface area contributed by atoms with Gasteiger partial charge < -0.3 is 15.0 Å². The van der Waals surface area contributed by atoms with Crippen LogP contribution >= 0.6 is 0 Å². The van der Waals surface area contributed by atoms with Gasteiger partial charge in [0.25, 0.3) is 5.91 Å². The maximum absolute atomic E-state index is 13.9. The smallest absolute Gasteiger partial charge is 0.358 e. The number of fused-ring (bicyclic) bond motifs is 1. The first kappa shape index (κ1) is 24.9. The molecule has 1 aliphatic carbocycles. The van der Waals surface area contributed by atoms with Crippen LogP contribution in [0.5, 0.6) is 0 Å². The van der Waals surface area contributed by atoms with Crippen LogP contribution in [0, 0.1) is 5.82 Å². The van der Waals surface area contributed by atoms with Gasteiger partial charge in [-0.25, -0.2) is 9.18 Å². The monoisotopic (exact) mass is 484 g/mol. The number of carbonyl (C=O) groups excluding carboxylic acids is 3. The zero-order valence-corrected chi connectivity index (χ0v) is 20.4. The first-order chi connectivity index (χ1) is 16.8. The third kappa shape index (κ3) is 5.39. The quantitative estimate of drug-likeness (QED) is 0.629. The average molecular weight is 485 g/mol. The van der Waals surface area contributed by atoms with Gasteiger partial charge in [-0.1, -0.05) is 44.2 Å². The first-order valence-corrected chi connectivity index (χ1v) is 12.4. The third-order valence-electron chi connectivity index (χ3n) is 6.94. The molecule has 9 heteroatoms. The predicted molar refractivity (Wildman–Crippen MR) is 127 cm³/mol. The van der Waals surface area contributed by atoms with E-state index in [9.17, 15) is 18.8 Å². The lowest BCUT2D eigenvalue weighted by molar-refractivity contribution is -0.134. The second-order valence-electron chi connectivity index (χ2n) is 9.60. The zero-order valence-electron chi connectivity index (χ0n) is 20.4. The summed E-state index contributed by atoms with van der Waals surface area (Å²) in [5.41, 5.74) is -0.496. The Kier molecular flexibility index (Phi) is 7.52. The molecule has 0 radical (unpaired) electrons. The fourth-order valence-electron chi connectivity index (χ4n) is 4.95. The summed E-state index contributed by atoms with van der Waals surface area (Å²) in [6, 6.07) is 7.43. The summed E-state index contributed by atoms with van der Waals surface area (Å²) >= 11 is 0. The van der Waals surface area contributed by atoms with Crippen molar-refractivity contribution in [2.24, 2.45) is 0 Å². The molecule has 188 valence electrons. The maximum atomic E-state index is 13.9. The van der Waals surface area contributed by atoms with Crippen molar-refractivity contribution in [3.63, 3.8) is 0 Å². The Morgan fingerprint density at radius 3 is 2.57 bits per heavy atom. The van der Waals surface area contributed by atoms with Crippen molar-refractivity contribution < 1.29 is 23.5 Å². The third-order valence-corrected chi connectivity index (χ3v) is 6.94. The summed E-state index contributed by atoms with van der Waals surface area (Å²) in [6.07, 6.45) is 7.44. The van der Waals surface area contributed by atoms with Crippen molar-refractivity contribution in [1.82, 2.24) is 20.0 Å². The highest BCUT2D eigenvalue weighted by Crippen LogP contribution is 2.30. The highest BCUT2D eigenvalue weighted by molar-refractivity contribution is 6.01. The van der Waals surface area contributed by atoms with Gasteiger partial charge in [0.05, 0.1) is 13.2 Å². The number of aromatic nitrogens is 2. The highest BCUT2D eigenvalue weighted by Gasteiger charge is 2.48. The van der Waals surface area contributed by atoms with Gasteiger partial charge in [0.15, 0.2) is 5.69 Å². The predicted octanol–water partition coefficient (Wildman–Crippen LogP) is 3.84. The summed E-state index contributed by atoms with van der Waals surface area (Å²) in [4.78, 5) is 41.1. The minimum Gasteiger partial charge on any atom is -0.461 e. The standard InChI is InChI=1S/C26H33FN4O4/c1-3-35-24(33)21-15-22-23(32)30(16-18-10-9-11-19(27)14-18)26(2,17-31(22)29-21)25(34)28-20-12-7-5-4-6-8-13-20/h9-11,14-15,20H,3-8,12-13,16-17H2,1-2H3,(H,28,34)/t26-/m0/s1. The van der Waals surface area contributed by atoms with Crippen molar-refractivity contribution in [3.8, 4) is 0 Å². The Bertz CT molecular complexity index is 1090. The zero-order chi connectivity index (χ0) is 25.0. The Labute approximate surface area is 204 Å². The number of rotatable bonds is 6. The van der Waals surface area contributed by atoms with Crippen molar-refractivity contribution in [1.29, 1.82) is 0 Å². The van der Waals surface area contributed by atoms with E-state index in [-0.39, 0.29) is 43.0 Å². The van der Waals surface area contributed by atoms with Gasteiger partial charge in [0, 0.05) is 18.7 Å². The number of benzene rings is 1. The van der Waals surface area contributed by atoms with Crippen LogP contribution in [-0.2, 0) is 22.6 Å². The number of nitrogens with zero attached hydrogens (tertiary/aromatic N) is 3. The molecule has 35 heavy (non-hydrogen) atoms. The van der Waals surface area contributed by atoms with E-state index in [1.165, 1.54) is 34.2 Å². The van der Waals surface area contributed by atoms with E-state index in [1.807, 2.05) is 0 Å². The van der Waals surface area contributed by atoms with Crippen LogP contribution in [0.15, 0.2) is 30.3 Å². The van der Waals surface area contributed by atoms with Crippen molar-refractivity contribution in [3.05, 3.63) is 53.1 Å². The Morgan fingerprint density at radius 2 is 1.89 bits per heavy atom. The van der Waals surface area contributed by atoms with Crippen LogP contribution in [0.25, 0.3) is 0 Å². The SMILES string of the molecule is CCOC(=O)c1cc2n(n1)C[C@@](C)(C(=O)NC1CCCCCCC1)N(Cc1cccc(F)c1)C2=O. The fourth-order valence-corrected chi connectivity index (χ4v) is 4.95. The average Bonchev–Trinajstić information content (AvgIpc) is 3.22. The minimum atomic E-state index is -1.28. The van der Waals surface area contributed by atoms with Crippen molar-refractivity contribution >= 4 is 17.8 Å². The molecule has 1 atom stereocenters. The number of amides is 2. The van der Waals surface area contributed by atoms with Crippen LogP contribution in [0.4, 0.5) is 4.39 Å². The molecule has 2 amide bonds. The van der Waals surface area contributed by atoms with Crippen LogP contribution in [0.2, 0.25) is 0 Å². The van der Waals surface area contributed by atoms with Crippen LogP contribution < -0.4 is 5.32 Å². The minimum absolute atomic E-state index is 0.0191. The van der Waals surface area contributed by atoms with Gasteiger partial charge >= 0.3 is 5.97 Å². The summed E-state index contributed by atoms with van der Waals surface area (Å²) < 4.78 is 20.4. The van der Waals surface area contributed by atoms with Gasteiger partial charge in [-0.2, -0.15) is 5.10 Å². The maximum Gasteiger partial charge on any atom is 0.358 e. The number of hydrogen-bond acceptors (Lipinski definition) is 5. The molecule has 8 nitrogen and oxygen atoms in total. The number of hydrogen-bond donors (Lipinski definition) is 1. The molecule has 0 spiro atoms. The number of nitrogens with one attached hydrogen (secondary N) is 1. The molecule has 1 aromatic carbocycles. The van der Waals surface area contributed by atoms with E-state index >= 15 is 0 Å². The normalized spacial score (nSPS) is 21.1. The summed E-state index contributed by atoms with van der Waals surface area (Å²) in [6.45, 7) is 3.70. The van der Waals surface area contributed by atoms with E-state index in [2.05, 4.69) is 10.4 Å². The Morgan fingerprint density at radius 1 is 1.17 bits per heavy atom. The molecule has 2 heterocycles. The number of carbonyl (C=O) groups is 3. The summed E-state index contributed by atoms with van der Waals surface area (Å²) in [5.74, 6) is -1.76. The second-order valence-corrected chi connectivity index (χ2v) is 9.60. The number of halogens is 1. The second kappa shape index (κ2) is 10.6. The molecule has 1 fully saturated rings. The molecule has 1 aliphatic heterocycles. The van der Waals surface area contributed by atoms with Gasteiger partial charge in [-0.3, -0.25) is 14.3 Å². The lowest BCUT2D eigenvalue weighted by Crippen LogP contribution is -2.64. The molecule has 4 rings (SSSR count). The van der Waals surface area contributed by atoms with Crippen LogP contribution in [0.3, 0.4) is 0 Å². The van der Waals surface area contributed by atoms with Gasteiger partial charge in [-0.15, -0.1) is 0 Å². The molecule has 0 saturated heterocycles. The molecule has 2 aromatic rings. The Balaban J connectivity index is 1.66. The Hall–Kier alpha value is -3.23. The van der Waals surface area contributed by atoms with E-state index in [1.54, 1.807) is 26.0 Å². The van der Waals surface area contributed by atoms with Gasteiger partial charge in [0.2, 0.25) is 5.91 Å². The molecule has 1 aromatic heterocycles. The molecule has 1 saturated carbocycles. The van der Waals surface area contributed by atoms with Crippen LogP contribution in [-0.4, -0.2) is 50.7 Å². The van der Waals surface area contributed by atoms with Gasteiger partial charge in [-0.05, 0) is 44.4 Å². The topological polar surface area (TPSA) is 93.5 Å². The van der Waals surface area contributed by atoms with Crippen molar-refractivity contribution in [2.45, 2.75) is 83.5 Å². The molecule has 0 bridgehead atoms. The highest BCUT2D eigenvalue weighted by atomic mass is 19.1. The summed E-state index contributed by atoms with van der Waals surface area (Å²) in [5, 5.41) is 7.47. The van der Waals surface area contributed by atoms with Gasteiger partial charge in [0.1, 0.15) is 17.1 Å². The number of esters is 1. The molecular weight excluding hydrogens is 451 g/mol. The fraction of sp³-hybridized carbons (Fsp3) is 0.538. The molecule has 0 unspecified atom stereocenters. The molecule has 2 aliphatic rings. The summed E-state index contributed by atoms with van der Waals surface area (Å²) in [7, 11) is 0. The lowest BCUT2D eigenvalue weighted by atomic mass is 9.92. The van der Waals surface area contributed by atoms with E-state index in [4.69, 9.17) is 4.74 Å². The van der Waals surface area contributed by atoms with E-state index < -0.39 is 23.2 Å². The largest absolute Gasteiger partial charge is 0.461 e. The molecule has 1 N–H and O–H groups in total. The first-order valence-electron chi connectivity index (χ1n) is 12.4. The van der Waals surface area contributed by atoms with E-state index in [0.717, 1.165) is 38.5 Å². The lowest BCUT2D eigenvalue weighted by Gasteiger charge is -2.44. The van der Waals surface area contributed by atoms with Crippen LogP contribution in [0.1, 0.15) is 85.3 Å².